The van der Waals surface area contributed by atoms with Crippen LogP contribution in [-0.4, -0.2) is 16.1 Å². The van der Waals surface area contributed by atoms with Crippen LogP contribution in [0.2, 0.25) is 0 Å². The molecule has 0 aliphatic heterocycles. The molecule has 66 valence electrons. The van der Waals surface area contributed by atoms with E-state index in [0.717, 1.165) is 10.9 Å². The van der Waals surface area contributed by atoms with E-state index in [-0.39, 0.29) is 0 Å². The molecule has 1 heterocycles. The Hall–Kier alpha value is -1.84. The van der Waals surface area contributed by atoms with Crippen molar-refractivity contribution in [3.8, 4) is 0 Å². The smallest absolute Gasteiger partial charge is 0.250 e. The van der Waals surface area contributed by atoms with Gasteiger partial charge in [-0.2, -0.15) is 5.10 Å². The predicted octanol–water partition coefficient (Wildman–Crippen LogP) is 0.970. The summed E-state index contributed by atoms with van der Waals surface area (Å²) in [5.41, 5.74) is 7.42. The van der Waals surface area contributed by atoms with E-state index in [1.54, 1.807) is 12.3 Å². The third-order valence-electron chi connectivity index (χ3n) is 1.96. The molecule has 0 unspecified atom stereocenters. The largest absolute Gasteiger partial charge is 0.366 e. The molecule has 0 atom stereocenters. The maximum Gasteiger partial charge on any atom is 0.250 e. The summed E-state index contributed by atoms with van der Waals surface area (Å²) in [5.74, 6) is -0.432. The summed E-state index contributed by atoms with van der Waals surface area (Å²) < 4.78 is 0. The summed E-state index contributed by atoms with van der Waals surface area (Å²) >= 11 is 0. The number of nitrogens with two attached hydrogens (primary N) is 1. The van der Waals surface area contributed by atoms with Crippen molar-refractivity contribution in [2.75, 3.05) is 0 Å². The molecule has 0 aliphatic rings. The Balaban J connectivity index is 2.84. The topological polar surface area (TPSA) is 71.8 Å². The number of aryl methyl sites for hydroxylation is 1. The van der Waals surface area contributed by atoms with Gasteiger partial charge in [-0.25, -0.2) is 0 Å². The molecule has 0 saturated heterocycles. The Labute approximate surface area is 74.7 Å². The molecule has 0 radical (unpaired) electrons. The summed E-state index contributed by atoms with van der Waals surface area (Å²) in [7, 11) is 0. The third-order valence-corrected chi connectivity index (χ3v) is 1.96. The second-order valence-electron chi connectivity index (χ2n) is 3.01. The molecule has 0 fully saturated rings. The van der Waals surface area contributed by atoms with Gasteiger partial charge in [-0.05, 0) is 24.6 Å². The van der Waals surface area contributed by atoms with E-state index in [1.165, 1.54) is 0 Å². The summed E-state index contributed by atoms with van der Waals surface area (Å²) in [6.45, 7) is 1.92. The van der Waals surface area contributed by atoms with Gasteiger partial charge in [-0.3, -0.25) is 9.89 Å². The number of aromatic amines is 1. The van der Waals surface area contributed by atoms with Crippen molar-refractivity contribution in [2.45, 2.75) is 6.92 Å². The van der Waals surface area contributed by atoms with Gasteiger partial charge in [0.1, 0.15) is 0 Å². The number of nitrogens with one attached hydrogen (secondary N) is 1. The fourth-order valence-corrected chi connectivity index (χ4v) is 1.40. The lowest BCUT2D eigenvalue weighted by Gasteiger charge is -1.99. The van der Waals surface area contributed by atoms with Gasteiger partial charge in [-0.15, -0.1) is 0 Å². The van der Waals surface area contributed by atoms with E-state index in [9.17, 15) is 4.79 Å². The highest BCUT2D eigenvalue weighted by Gasteiger charge is 2.08. The van der Waals surface area contributed by atoms with E-state index in [0.29, 0.717) is 11.1 Å². The van der Waals surface area contributed by atoms with Crippen LogP contribution in [0.25, 0.3) is 10.9 Å². The van der Waals surface area contributed by atoms with E-state index < -0.39 is 5.91 Å². The van der Waals surface area contributed by atoms with Gasteiger partial charge in [0.25, 0.3) is 5.91 Å². The van der Waals surface area contributed by atoms with E-state index >= 15 is 0 Å². The molecule has 0 bridgehead atoms. The van der Waals surface area contributed by atoms with Crippen LogP contribution in [-0.2, 0) is 0 Å². The summed E-state index contributed by atoms with van der Waals surface area (Å²) in [4.78, 5) is 11.0. The van der Waals surface area contributed by atoms with Crippen LogP contribution in [0.4, 0.5) is 0 Å². The second-order valence-corrected chi connectivity index (χ2v) is 3.01. The van der Waals surface area contributed by atoms with Crippen LogP contribution in [0.15, 0.2) is 18.3 Å². The average Bonchev–Trinajstić information content (AvgIpc) is 2.49. The van der Waals surface area contributed by atoms with Crippen LogP contribution in [0.5, 0.6) is 0 Å². The zero-order chi connectivity index (χ0) is 9.42. The Kier molecular flexibility index (Phi) is 1.55. The average molecular weight is 175 g/mol. The minimum atomic E-state index is -0.432. The molecule has 1 aromatic heterocycles. The number of primary amides is 1. The summed E-state index contributed by atoms with van der Waals surface area (Å²) in [6.07, 6.45) is 1.68. The highest BCUT2D eigenvalue weighted by atomic mass is 16.1. The fourth-order valence-electron chi connectivity index (χ4n) is 1.40. The SMILES string of the molecule is Cc1cc(C(N)=O)c2[nH]ncc2c1. The number of H-pyrrole nitrogens is 1. The summed E-state index contributed by atoms with van der Waals surface area (Å²) in [5, 5.41) is 7.51. The van der Waals surface area contributed by atoms with E-state index in [1.807, 2.05) is 13.0 Å². The van der Waals surface area contributed by atoms with Gasteiger partial charge < -0.3 is 5.73 Å². The molecule has 0 aliphatic carbocycles. The number of amides is 1. The monoisotopic (exact) mass is 175 g/mol. The van der Waals surface area contributed by atoms with Crippen molar-refractivity contribution in [1.82, 2.24) is 10.2 Å². The molecule has 2 rings (SSSR count). The molecule has 13 heavy (non-hydrogen) atoms. The van der Waals surface area contributed by atoms with Gasteiger partial charge in [0, 0.05) is 5.39 Å². The number of rotatable bonds is 1. The molecular weight excluding hydrogens is 166 g/mol. The first-order valence-electron chi connectivity index (χ1n) is 3.92. The van der Waals surface area contributed by atoms with Crippen molar-refractivity contribution >= 4 is 16.8 Å². The normalized spacial score (nSPS) is 10.5. The first-order valence-corrected chi connectivity index (χ1v) is 3.92. The lowest BCUT2D eigenvalue weighted by Crippen LogP contribution is -2.11. The summed E-state index contributed by atoms with van der Waals surface area (Å²) in [6, 6.07) is 3.70. The Morgan fingerprint density at radius 3 is 3.00 bits per heavy atom. The number of hydrogen-bond donors (Lipinski definition) is 2. The van der Waals surface area contributed by atoms with Crippen molar-refractivity contribution in [1.29, 1.82) is 0 Å². The van der Waals surface area contributed by atoms with E-state index in [4.69, 9.17) is 5.73 Å². The molecule has 0 spiro atoms. The van der Waals surface area contributed by atoms with Gasteiger partial charge in [0.15, 0.2) is 0 Å². The highest BCUT2D eigenvalue weighted by molar-refractivity contribution is 6.04. The minimum absolute atomic E-state index is 0.432. The number of carbonyl (C=O) groups excluding carboxylic acids is 1. The molecular formula is C9H9N3O. The minimum Gasteiger partial charge on any atom is -0.366 e. The highest BCUT2D eigenvalue weighted by Crippen LogP contribution is 2.17. The fraction of sp³-hybridized carbons (Fsp3) is 0.111. The molecule has 3 N–H and O–H groups in total. The van der Waals surface area contributed by atoms with Crippen LogP contribution in [0.3, 0.4) is 0 Å². The molecule has 4 nitrogen and oxygen atoms in total. The lowest BCUT2D eigenvalue weighted by atomic mass is 10.1. The Morgan fingerprint density at radius 2 is 2.31 bits per heavy atom. The third kappa shape index (κ3) is 1.16. The second kappa shape index (κ2) is 2.58. The number of benzene rings is 1. The van der Waals surface area contributed by atoms with Gasteiger partial charge in [-0.1, -0.05) is 0 Å². The van der Waals surface area contributed by atoms with E-state index in [2.05, 4.69) is 10.2 Å². The molecule has 2 aromatic rings. The van der Waals surface area contributed by atoms with Crippen molar-refractivity contribution in [2.24, 2.45) is 5.73 Å². The van der Waals surface area contributed by atoms with Crippen LogP contribution in [0.1, 0.15) is 15.9 Å². The molecule has 1 aromatic carbocycles. The zero-order valence-electron chi connectivity index (χ0n) is 7.16. The standard InChI is InChI=1S/C9H9N3O/c1-5-2-6-4-11-12-8(6)7(3-5)9(10)13/h2-4H,1H3,(H2,10,13)(H,11,12). The van der Waals surface area contributed by atoms with Crippen molar-refractivity contribution in [3.63, 3.8) is 0 Å². The number of carbonyl (C=O) groups is 1. The van der Waals surface area contributed by atoms with Crippen LogP contribution >= 0.6 is 0 Å². The van der Waals surface area contributed by atoms with Crippen LogP contribution < -0.4 is 5.73 Å². The lowest BCUT2D eigenvalue weighted by molar-refractivity contribution is 0.100. The predicted molar refractivity (Wildman–Crippen MR) is 49.3 cm³/mol. The van der Waals surface area contributed by atoms with Crippen molar-refractivity contribution < 1.29 is 4.79 Å². The van der Waals surface area contributed by atoms with Gasteiger partial charge in [0.05, 0.1) is 17.3 Å². The first kappa shape index (κ1) is 7.79. The number of fused-ring (bicyclic) bond motifs is 1. The zero-order valence-corrected chi connectivity index (χ0v) is 7.16. The maximum absolute atomic E-state index is 11.0. The Bertz CT molecular complexity index is 473. The van der Waals surface area contributed by atoms with Gasteiger partial charge >= 0.3 is 0 Å². The quantitative estimate of drug-likeness (QED) is 0.677. The maximum atomic E-state index is 11.0. The first-order chi connectivity index (χ1) is 6.18. The number of aromatic nitrogens is 2. The Morgan fingerprint density at radius 1 is 1.54 bits per heavy atom. The van der Waals surface area contributed by atoms with Gasteiger partial charge in [0.2, 0.25) is 0 Å². The van der Waals surface area contributed by atoms with Crippen molar-refractivity contribution in [3.05, 3.63) is 29.5 Å². The van der Waals surface area contributed by atoms with Crippen LogP contribution in [0, 0.1) is 6.92 Å². The molecule has 4 heteroatoms. The molecule has 0 saturated carbocycles. The number of nitrogens with zero attached hydrogens (tertiary/aromatic N) is 1. The molecule has 1 amide bonds. The number of hydrogen-bond acceptors (Lipinski definition) is 2.